The average molecular weight is 211 g/mol. The molecule has 0 aliphatic heterocycles. The van der Waals surface area contributed by atoms with Gasteiger partial charge in [0.2, 0.25) is 0 Å². The topological polar surface area (TPSA) is 38.9 Å². The molecule has 0 radical (unpaired) electrons. The SMILES string of the molecule is Nc1c(CCl)cncc1C(F)(F)F. The Morgan fingerprint density at radius 1 is 1.38 bits per heavy atom. The Hall–Kier alpha value is -0.970. The maximum atomic E-state index is 12.2. The lowest BCUT2D eigenvalue weighted by Crippen LogP contribution is -2.11. The molecule has 0 spiro atoms. The van der Waals surface area contributed by atoms with E-state index in [2.05, 4.69) is 4.98 Å². The highest BCUT2D eigenvalue weighted by Crippen LogP contribution is 2.34. The number of halogens is 4. The second kappa shape index (κ2) is 3.41. The normalized spacial score (nSPS) is 11.7. The van der Waals surface area contributed by atoms with E-state index in [4.69, 9.17) is 17.3 Å². The zero-order valence-electron chi connectivity index (χ0n) is 6.40. The van der Waals surface area contributed by atoms with Gasteiger partial charge in [-0.25, -0.2) is 0 Å². The molecule has 0 amide bonds. The largest absolute Gasteiger partial charge is 0.419 e. The number of nitrogens with two attached hydrogens (primary N) is 1. The first-order valence-electron chi connectivity index (χ1n) is 3.32. The first-order valence-corrected chi connectivity index (χ1v) is 3.85. The van der Waals surface area contributed by atoms with Crippen molar-refractivity contribution < 1.29 is 13.2 Å². The van der Waals surface area contributed by atoms with E-state index in [1.54, 1.807) is 0 Å². The van der Waals surface area contributed by atoms with E-state index in [0.29, 0.717) is 6.20 Å². The van der Waals surface area contributed by atoms with Crippen LogP contribution in [-0.4, -0.2) is 4.98 Å². The molecule has 0 saturated heterocycles. The van der Waals surface area contributed by atoms with Crippen molar-refractivity contribution in [3.05, 3.63) is 23.5 Å². The molecule has 0 fully saturated rings. The molecule has 0 aliphatic rings. The number of nitrogen functional groups attached to an aromatic ring is 1. The molecule has 0 saturated carbocycles. The van der Waals surface area contributed by atoms with E-state index >= 15 is 0 Å². The van der Waals surface area contributed by atoms with Crippen molar-refractivity contribution in [3.8, 4) is 0 Å². The fourth-order valence-corrected chi connectivity index (χ4v) is 1.06. The second-order valence-corrected chi connectivity index (χ2v) is 2.66. The smallest absolute Gasteiger partial charge is 0.398 e. The van der Waals surface area contributed by atoms with Gasteiger partial charge in [-0.15, -0.1) is 11.6 Å². The summed E-state index contributed by atoms with van der Waals surface area (Å²) in [6.07, 6.45) is -2.57. The first kappa shape index (κ1) is 10.1. The van der Waals surface area contributed by atoms with Crippen LogP contribution in [0.25, 0.3) is 0 Å². The van der Waals surface area contributed by atoms with Crippen LogP contribution in [-0.2, 0) is 12.1 Å². The summed E-state index contributed by atoms with van der Waals surface area (Å²) in [6.45, 7) is 0. The molecule has 0 aromatic carbocycles. The summed E-state index contributed by atoms with van der Waals surface area (Å²) in [6, 6.07) is 0. The van der Waals surface area contributed by atoms with Gasteiger partial charge in [-0.05, 0) is 0 Å². The summed E-state index contributed by atoms with van der Waals surface area (Å²) >= 11 is 5.37. The van der Waals surface area contributed by atoms with E-state index in [-0.39, 0.29) is 17.1 Å². The number of nitrogens with zero attached hydrogens (tertiary/aromatic N) is 1. The fourth-order valence-electron chi connectivity index (χ4n) is 0.846. The molecule has 1 heterocycles. The summed E-state index contributed by atoms with van der Waals surface area (Å²) in [5, 5.41) is 0. The van der Waals surface area contributed by atoms with Crippen LogP contribution in [0, 0.1) is 0 Å². The van der Waals surface area contributed by atoms with Gasteiger partial charge in [0.1, 0.15) is 0 Å². The van der Waals surface area contributed by atoms with Crippen molar-refractivity contribution in [2.45, 2.75) is 12.1 Å². The number of hydrogen-bond donors (Lipinski definition) is 1. The highest BCUT2D eigenvalue weighted by atomic mass is 35.5. The molecule has 1 aromatic heterocycles. The molecule has 13 heavy (non-hydrogen) atoms. The van der Waals surface area contributed by atoms with Crippen LogP contribution < -0.4 is 5.73 Å². The molecule has 0 bridgehead atoms. The molecule has 6 heteroatoms. The van der Waals surface area contributed by atoms with E-state index < -0.39 is 11.7 Å². The molecular weight excluding hydrogens is 205 g/mol. The maximum Gasteiger partial charge on any atom is 0.419 e. The number of anilines is 1. The van der Waals surface area contributed by atoms with Gasteiger partial charge < -0.3 is 5.73 Å². The fraction of sp³-hybridized carbons (Fsp3) is 0.286. The van der Waals surface area contributed by atoms with E-state index in [1.807, 2.05) is 0 Å². The van der Waals surface area contributed by atoms with Crippen LogP contribution in [0.4, 0.5) is 18.9 Å². The van der Waals surface area contributed by atoms with Crippen LogP contribution in [0.1, 0.15) is 11.1 Å². The van der Waals surface area contributed by atoms with Gasteiger partial charge in [0, 0.05) is 18.0 Å². The Morgan fingerprint density at radius 2 is 2.00 bits per heavy atom. The third-order valence-electron chi connectivity index (χ3n) is 1.52. The number of pyridine rings is 1. The zero-order chi connectivity index (χ0) is 10.1. The Morgan fingerprint density at radius 3 is 2.46 bits per heavy atom. The van der Waals surface area contributed by atoms with Crippen molar-refractivity contribution in [3.63, 3.8) is 0 Å². The van der Waals surface area contributed by atoms with Gasteiger partial charge in [0.15, 0.2) is 0 Å². The minimum absolute atomic E-state index is 0.0806. The van der Waals surface area contributed by atoms with Crippen LogP contribution in [0.3, 0.4) is 0 Å². The Bertz CT molecular complexity index is 311. The zero-order valence-corrected chi connectivity index (χ0v) is 7.15. The predicted octanol–water partition coefficient (Wildman–Crippen LogP) is 2.42. The Balaban J connectivity index is 3.24. The first-order chi connectivity index (χ1) is 5.96. The van der Waals surface area contributed by atoms with Crippen molar-refractivity contribution in [1.29, 1.82) is 0 Å². The highest BCUT2D eigenvalue weighted by molar-refractivity contribution is 6.17. The highest BCUT2D eigenvalue weighted by Gasteiger charge is 2.33. The summed E-state index contributed by atoms with van der Waals surface area (Å²) in [5.74, 6) is -0.0806. The Labute approximate surface area is 77.5 Å². The van der Waals surface area contributed by atoms with Crippen LogP contribution in [0.15, 0.2) is 12.4 Å². The van der Waals surface area contributed by atoms with Crippen molar-refractivity contribution in [2.24, 2.45) is 0 Å². The van der Waals surface area contributed by atoms with Gasteiger partial charge >= 0.3 is 6.18 Å². The molecular formula is C7H6ClF3N2. The second-order valence-electron chi connectivity index (χ2n) is 2.39. The number of rotatable bonds is 1. The van der Waals surface area contributed by atoms with E-state index in [0.717, 1.165) is 0 Å². The molecule has 1 rings (SSSR count). The van der Waals surface area contributed by atoms with Gasteiger partial charge in [-0.3, -0.25) is 4.98 Å². The molecule has 2 nitrogen and oxygen atoms in total. The lowest BCUT2D eigenvalue weighted by Gasteiger charge is -2.10. The minimum Gasteiger partial charge on any atom is -0.398 e. The summed E-state index contributed by atoms with van der Waals surface area (Å²) in [4.78, 5) is 3.40. The predicted molar refractivity (Wildman–Crippen MR) is 43.2 cm³/mol. The van der Waals surface area contributed by atoms with Crippen LogP contribution in [0.2, 0.25) is 0 Å². The van der Waals surface area contributed by atoms with E-state index in [1.165, 1.54) is 6.20 Å². The quantitative estimate of drug-likeness (QED) is 0.723. The molecule has 2 N–H and O–H groups in total. The van der Waals surface area contributed by atoms with Crippen LogP contribution in [0.5, 0.6) is 0 Å². The van der Waals surface area contributed by atoms with Crippen LogP contribution >= 0.6 is 11.6 Å². The third-order valence-corrected chi connectivity index (χ3v) is 1.81. The third kappa shape index (κ3) is 2.03. The lowest BCUT2D eigenvalue weighted by atomic mass is 10.1. The number of aromatic nitrogens is 1. The molecule has 0 atom stereocenters. The van der Waals surface area contributed by atoms with Gasteiger partial charge in [0.05, 0.1) is 17.1 Å². The van der Waals surface area contributed by atoms with E-state index in [9.17, 15) is 13.2 Å². The van der Waals surface area contributed by atoms with Gasteiger partial charge in [0.25, 0.3) is 0 Å². The van der Waals surface area contributed by atoms with Gasteiger partial charge in [-0.2, -0.15) is 13.2 Å². The number of hydrogen-bond acceptors (Lipinski definition) is 2. The molecule has 1 aromatic rings. The average Bonchev–Trinajstić information content (AvgIpc) is 2.02. The number of alkyl halides is 4. The standard InChI is InChI=1S/C7H6ClF3N2/c8-1-4-2-13-3-5(6(4)12)7(9,10)11/h2-3H,1H2,(H2,12,13). The van der Waals surface area contributed by atoms with Crippen molar-refractivity contribution >= 4 is 17.3 Å². The van der Waals surface area contributed by atoms with Crippen molar-refractivity contribution in [2.75, 3.05) is 5.73 Å². The summed E-state index contributed by atoms with van der Waals surface area (Å²) in [5.41, 5.74) is 4.14. The minimum atomic E-state index is -4.47. The summed E-state index contributed by atoms with van der Waals surface area (Å²) in [7, 11) is 0. The summed E-state index contributed by atoms with van der Waals surface area (Å²) < 4.78 is 36.6. The van der Waals surface area contributed by atoms with Crippen molar-refractivity contribution in [1.82, 2.24) is 4.98 Å². The van der Waals surface area contributed by atoms with Gasteiger partial charge in [-0.1, -0.05) is 0 Å². The maximum absolute atomic E-state index is 12.2. The Kier molecular flexibility index (Phi) is 2.66. The monoisotopic (exact) mass is 210 g/mol. The lowest BCUT2D eigenvalue weighted by molar-refractivity contribution is -0.137. The molecule has 0 unspecified atom stereocenters. The molecule has 72 valence electrons. The molecule has 0 aliphatic carbocycles.